The van der Waals surface area contributed by atoms with E-state index in [1.54, 1.807) is 12.1 Å². The van der Waals surface area contributed by atoms with Crippen LogP contribution < -0.4 is 4.31 Å². The molecule has 2 rings (SSSR count). The van der Waals surface area contributed by atoms with Crippen molar-refractivity contribution >= 4 is 50.0 Å². The lowest BCUT2D eigenvalue weighted by molar-refractivity contribution is -0.387. The van der Waals surface area contributed by atoms with Gasteiger partial charge in [-0.05, 0) is 52.9 Å². The molecule has 0 saturated carbocycles. The fourth-order valence-corrected chi connectivity index (χ4v) is 4.12. The Hall–Kier alpha value is -2.21. The minimum absolute atomic E-state index is 0.236. The smallest absolute Gasteiger partial charge is 0.305 e. The Bertz CT molecular complexity index is 898. The molecule has 0 aliphatic heterocycles. The highest BCUT2D eigenvalue weighted by molar-refractivity contribution is 14.1. The van der Waals surface area contributed by atoms with Gasteiger partial charge in [-0.2, -0.15) is 0 Å². The summed E-state index contributed by atoms with van der Waals surface area (Å²) in [5, 5.41) is 20.1. The second-order valence-corrected chi connectivity index (χ2v) is 8.00. The first kappa shape index (κ1) is 19.1. The van der Waals surface area contributed by atoms with Gasteiger partial charge in [-0.15, -0.1) is 0 Å². The van der Waals surface area contributed by atoms with Crippen molar-refractivity contribution in [2.45, 2.75) is 11.3 Å². The largest absolute Gasteiger partial charge is 0.481 e. The summed E-state index contributed by atoms with van der Waals surface area (Å²) in [4.78, 5) is 20.8. The lowest BCUT2D eigenvalue weighted by Gasteiger charge is -2.23. The van der Waals surface area contributed by atoms with E-state index < -0.39 is 37.9 Å². The van der Waals surface area contributed by atoms with Gasteiger partial charge in [0, 0.05) is 16.2 Å². The number of para-hydroxylation sites is 1. The molecule has 2 aromatic rings. The minimum Gasteiger partial charge on any atom is -0.481 e. The molecular weight excluding hydrogens is 463 g/mol. The zero-order valence-electron chi connectivity index (χ0n) is 12.7. The van der Waals surface area contributed by atoms with Crippen LogP contribution in [0.1, 0.15) is 6.42 Å². The summed E-state index contributed by atoms with van der Waals surface area (Å²) in [6.07, 6.45) is -0.439. The molecule has 0 heterocycles. The Morgan fingerprint density at radius 3 is 2.32 bits per heavy atom. The van der Waals surface area contributed by atoms with Gasteiger partial charge in [0.2, 0.25) is 0 Å². The van der Waals surface area contributed by atoms with Crippen LogP contribution in [0.4, 0.5) is 11.4 Å². The summed E-state index contributed by atoms with van der Waals surface area (Å²) in [5.74, 6) is -1.17. The van der Waals surface area contributed by atoms with Crippen LogP contribution >= 0.6 is 22.6 Å². The number of anilines is 1. The molecule has 0 amide bonds. The second kappa shape index (κ2) is 7.78. The third-order valence-corrected chi connectivity index (χ3v) is 5.87. The average Bonchev–Trinajstić information content (AvgIpc) is 2.56. The fourth-order valence-electron chi connectivity index (χ4n) is 2.14. The van der Waals surface area contributed by atoms with Gasteiger partial charge in [0.1, 0.15) is 0 Å². The topological polar surface area (TPSA) is 118 Å². The predicted molar refractivity (Wildman–Crippen MR) is 99.0 cm³/mol. The third kappa shape index (κ3) is 4.45. The van der Waals surface area contributed by atoms with Crippen LogP contribution in [0.3, 0.4) is 0 Å². The van der Waals surface area contributed by atoms with Gasteiger partial charge >= 0.3 is 5.97 Å². The van der Waals surface area contributed by atoms with Gasteiger partial charge in [0.05, 0.1) is 17.0 Å². The van der Waals surface area contributed by atoms with Gasteiger partial charge in [-0.3, -0.25) is 19.2 Å². The molecular formula is C15H13IN2O6S. The first-order chi connectivity index (χ1) is 11.7. The monoisotopic (exact) mass is 476 g/mol. The number of sulfonamides is 1. The Morgan fingerprint density at radius 2 is 1.76 bits per heavy atom. The van der Waals surface area contributed by atoms with Crippen LogP contribution in [0.5, 0.6) is 0 Å². The highest BCUT2D eigenvalue weighted by atomic mass is 127. The molecule has 0 unspecified atom stereocenters. The van der Waals surface area contributed by atoms with Crippen LogP contribution in [0, 0.1) is 13.7 Å². The molecule has 0 spiro atoms. The molecule has 0 aliphatic rings. The third-order valence-electron chi connectivity index (χ3n) is 3.27. The first-order valence-corrected chi connectivity index (χ1v) is 9.49. The summed E-state index contributed by atoms with van der Waals surface area (Å²) >= 11 is 2.05. The van der Waals surface area contributed by atoms with Crippen LogP contribution in [0.15, 0.2) is 53.4 Å². The molecule has 0 aliphatic carbocycles. The molecule has 0 atom stereocenters. The van der Waals surface area contributed by atoms with E-state index in [0.29, 0.717) is 0 Å². The predicted octanol–water partition coefficient (Wildman–Crippen LogP) is 2.87. The standard InChI is InChI=1S/C15H13IN2O6S/c16-11-5-7-12(8-6-11)17(10-9-15(19)20)25(23,24)14-4-2-1-3-13(14)18(21)22/h1-8H,9-10H2,(H,19,20). The molecule has 2 aromatic carbocycles. The second-order valence-electron chi connectivity index (χ2n) is 4.92. The van der Waals surface area contributed by atoms with Crippen LogP contribution in [0.2, 0.25) is 0 Å². The summed E-state index contributed by atoms with van der Waals surface area (Å²) < 4.78 is 27.7. The van der Waals surface area contributed by atoms with E-state index in [1.807, 2.05) is 22.6 Å². The van der Waals surface area contributed by atoms with E-state index >= 15 is 0 Å². The first-order valence-electron chi connectivity index (χ1n) is 6.97. The van der Waals surface area contributed by atoms with Crippen molar-refractivity contribution < 1.29 is 23.2 Å². The molecule has 0 radical (unpaired) electrons. The maximum atomic E-state index is 13.0. The average molecular weight is 476 g/mol. The Kier molecular flexibility index (Phi) is 5.95. The molecule has 8 nitrogen and oxygen atoms in total. The van der Waals surface area contributed by atoms with Crippen LogP contribution in [-0.4, -0.2) is 31.0 Å². The van der Waals surface area contributed by atoms with Gasteiger partial charge < -0.3 is 5.11 Å². The quantitative estimate of drug-likeness (QED) is 0.373. The Morgan fingerprint density at radius 1 is 1.16 bits per heavy atom. The summed E-state index contributed by atoms with van der Waals surface area (Å²) in [7, 11) is -4.31. The fraction of sp³-hybridized carbons (Fsp3) is 0.133. The van der Waals surface area contributed by atoms with E-state index in [1.165, 1.54) is 24.3 Å². The van der Waals surface area contributed by atoms with E-state index in [2.05, 4.69) is 0 Å². The van der Waals surface area contributed by atoms with Crippen molar-refractivity contribution in [3.05, 3.63) is 62.2 Å². The number of nitrogens with zero attached hydrogens (tertiary/aromatic N) is 2. The highest BCUT2D eigenvalue weighted by Gasteiger charge is 2.31. The van der Waals surface area contributed by atoms with Crippen molar-refractivity contribution in [1.82, 2.24) is 0 Å². The normalized spacial score (nSPS) is 11.1. The van der Waals surface area contributed by atoms with Crippen LogP contribution in [0.25, 0.3) is 0 Å². The number of hydrogen-bond donors (Lipinski definition) is 1. The van der Waals surface area contributed by atoms with E-state index in [9.17, 15) is 23.3 Å². The molecule has 1 N–H and O–H groups in total. The molecule has 0 bridgehead atoms. The van der Waals surface area contributed by atoms with E-state index in [4.69, 9.17) is 5.11 Å². The number of nitro groups is 1. The van der Waals surface area contributed by atoms with Crippen molar-refractivity contribution in [1.29, 1.82) is 0 Å². The van der Waals surface area contributed by atoms with E-state index in [-0.39, 0.29) is 12.2 Å². The Labute approximate surface area is 157 Å². The minimum atomic E-state index is -4.31. The lowest BCUT2D eigenvalue weighted by Crippen LogP contribution is -2.33. The Balaban J connectivity index is 2.57. The number of hydrogen-bond acceptors (Lipinski definition) is 5. The lowest BCUT2D eigenvalue weighted by atomic mass is 10.3. The van der Waals surface area contributed by atoms with Crippen molar-refractivity contribution in [3.63, 3.8) is 0 Å². The number of benzene rings is 2. The molecule has 0 fully saturated rings. The van der Waals surface area contributed by atoms with Gasteiger partial charge in [0.25, 0.3) is 15.7 Å². The molecule has 10 heteroatoms. The molecule has 25 heavy (non-hydrogen) atoms. The summed E-state index contributed by atoms with van der Waals surface area (Å²) in [5.41, 5.74) is -0.326. The van der Waals surface area contributed by atoms with Crippen LogP contribution in [-0.2, 0) is 14.8 Å². The summed E-state index contributed by atoms with van der Waals surface area (Å²) in [6.45, 7) is -0.343. The number of carbonyl (C=O) groups is 1. The zero-order valence-corrected chi connectivity index (χ0v) is 15.7. The number of rotatable bonds is 7. The maximum absolute atomic E-state index is 13.0. The van der Waals surface area contributed by atoms with E-state index in [0.717, 1.165) is 20.0 Å². The summed E-state index contributed by atoms with van der Waals surface area (Å²) in [6, 6.07) is 11.3. The van der Waals surface area contributed by atoms with Gasteiger partial charge in [0.15, 0.2) is 4.90 Å². The number of carboxylic acids is 1. The highest BCUT2D eigenvalue weighted by Crippen LogP contribution is 2.30. The van der Waals surface area contributed by atoms with Gasteiger partial charge in [-0.1, -0.05) is 12.1 Å². The van der Waals surface area contributed by atoms with Crippen molar-refractivity contribution in [2.24, 2.45) is 0 Å². The number of halogens is 1. The van der Waals surface area contributed by atoms with Gasteiger partial charge in [-0.25, -0.2) is 8.42 Å². The maximum Gasteiger partial charge on any atom is 0.305 e. The number of nitro benzene ring substituents is 1. The zero-order chi connectivity index (χ0) is 18.6. The van der Waals surface area contributed by atoms with Crippen molar-refractivity contribution in [2.75, 3.05) is 10.8 Å². The molecule has 132 valence electrons. The van der Waals surface area contributed by atoms with Crippen molar-refractivity contribution in [3.8, 4) is 0 Å². The molecule has 0 aromatic heterocycles. The number of carboxylic acid groups (broad SMARTS) is 1. The SMILES string of the molecule is O=C(O)CCN(c1ccc(I)cc1)S(=O)(=O)c1ccccc1[N+](=O)[O-]. The molecule has 0 saturated heterocycles. The number of aliphatic carboxylic acids is 1.